The molecule has 0 aromatic heterocycles. The van der Waals surface area contributed by atoms with Crippen molar-refractivity contribution in [1.29, 1.82) is 0 Å². The van der Waals surface area contributed by atoms with Crippen molar-refractivity contribution in [2.75, 3.05) is 26.6 Å². The van der Waals surface area contributed by atoms with Crippen LogP contribution in [0, 0.1) is 0 Å². The number of hydrogen-bond donors (Lipinski definition) is 1. The summed E-state index contributed by atoms with van der Waals surface area (Å²) in [7, 11) is 4.50. The van der Waals surface area contributed by atoms with Crippen molar-refractivity contribution >= 4 is 34.8 Å². The average Bonchev–Trinajstić information content (AvgIpc) is 2.79. The second-order valence-electron chi connectivity index (χ2n) is 6.42. The van der Waals surface area contributed by atoms with Crippen molar-refractivity contribution < 1.29 is 23.7 Å². The molecule has 0 spiro atoms. The quantitative estimate of drug-likeness (QED) is 0.455. The van der Waals surface area contributed by atoms with E-state index in [1.165, 1.54) is 21.3 Å². The van der Waals surface area contributed by atoms with Crippen LogP contribution in [-0.4, -0.2) is 27.2 Å². The summed E-state index contributed by atoms with van der Waals surface area (Å²) in [5.41, 5.74) is 1.76. The molecule has 162 valence electrons. The number of benzene rings is 3. The summed E-state index contributed by atoms with van der Waals surface area (Å²) in [5.74, 6) is 1.42. The fourth-order valence-corrected chi connectivity index (χ4v) is 3.18. The molecule has 0 radical (unpaired) electrons. The predicted octanol–water partition coefficient (Wildman–Crippen LogP) is 5.85. The Balaban J connectivity index is 1.77. The average molecular weight is 462 g/mol. The van der Waals surface area contributed by atoms with Gasteiger partial charge in [-0.15, -0.1) is 0 Å². The molecule has 0 saturated carbocycles. The molecule has 0 fully saturated rings. The van der Waals surface area contributed by atoms with Crippen molar-refractivity contribution in [2.24, 2.45) is 0 Å². The molecule has 0 atom stereocenters. The third-order valence-electron chi connectivity index (χ3n) is 4.46. The van der Waals surface area contributed by atoms with Crippen LogP contribution in [0.2, 0.25) is 10.0 Å². The minimum Gasteiger partial charge on any atom is -0.495 e. The fourth-order valence-electron chi connectivity index (χ4n) is 2.82. The van der Waals surface area contributed by atoms with Crippen LogP contribution >= 0.6 is 23.2 Å². The number of rotatable bonds is 8. The lowest BCUT2D eigenvalue weighted by Gasteiger charge is -2.15. The zero-order valence-electron chi connectivity index (χ0n) is 17.2. The molecule has 31 heavy (non-hydrogen) atoms. The normalized spacial score (nSPS) is 10.4. The lowest BCUT2D eigenvalue weighted by molar-refractivity contribution is 0.102. The highest BCUT2D eigenvalue weighted by Gasteiger charge is 2.16. The Morgan fingerprint density at radius 2 is 1.48 bits per heavy atom. The van der Waals surface area contributed by atoms with Gasteiger partial charge in [0, 0.05) is 22.7 Å². The highest BCUT2D eigenvalue weighted by Crippen LogP contribution is 2.36. The van der Waals surface area contributed by atoms with Gasteiger partial charge in [0.1, 0.15) is 18.1 Å². The molecule has 0 bridgehead atoms. The van der Waals surface area contributed by atoms with E-state index in [0.29, 0.717) is 50.9 Å². The monoisotopic (exact) mass is 461 g/mol. The molecule has 8 heteroatoms. The van der Waals surface area contributed by atoms with Crippen LogP contribution in [0.15, 0.2) is 54.6 Å². The Labute approximate surface area is 190 Å². The zero-order chi connectivity index (χ0) is 22.4. The summed E-state index contributed by atoms with van der Waals surface area (Å²) in [5, 5.41) is 3.84. The van der Waals surface area contributed by atoms with Crippen LogP contribution in [0.1, 0.15) is 15.9 Å². The second kappa shape index (κ2) is 10.3. The Morgan fingerprint density at radius 1 is 0.806 bits per heavy atom. The number of amides is 1. The first-order valence-electron chi connectivity index (χ1n) is 9.23. The van der Waals surface area contributed by atoms with E-state index in [-0.39, 0.29) is 5.91 Å². The van der Waals surface area contributed by atoms with Crippen LogP contribution in [0.4, 0.5) is 5.69 Å². The second-order valence-corrected chi connectivity index (χ2v) is 7.27. The largest absolute Gasteiger partial charge is 0.495 e. The van der Waals surface area contributed by atoms with Gasteiger partial charge in [-0.1, -0.05) is 35.3 Å². The van der Waals surface area contributed by atoms with E-state index in [1.54, 1.807) is 42.5 Å². The van der Waals surface area contributed by atoms with Gasteiger partial charge in [0.25, 0.3) is 5.91 Å². The van der Waals surface area contributed by atoms with Crippen molar-refractivity contribution in [1.82, 2.24) is 0 Å². The highest BCUT2D eigenvalue weighted by atomic mass is 35.5. The Morgan fingerprint density at radius 3 is 2.13 bits per heavy atom. The molecule has 0 aliphatic rings. The number of nitrogens with one attached hydrogen (secondary N) is 1. The topological polar surface area (TPSA) is 66.0 Å². The first-order valence-corrected chi connectivity index (χ1v) is 9.99. The third-order valence-corrected chi connectivity index (χ3v) is 5.00. The molecule has 3 aromatic rings. The smallest absolute Gasteiger partial charge is 0.255 e. The standard InChI is InChI=1S/C23H21Cl2NO5/c1-28-20-12-18(21(29-2)11-17(20)25)26-23(27)15-6-9-19(22(10-15)30-3)31-13-14-4-7-16(24)8-5-14/h4-12H,13H2,1-3H3,(H,26,27). The van der Waals surface area contributed by atoms with E-state index in [9.17, 15) is 4.79 Å². The number of anilines is 1. The Kier molecular flexibility index (Phi) is 7.50. The van der Waals surface area contributed by atoms with Gasteiger partial charge in [-0.05, 0) is 35.9 Å². The minimum atomic E-state index is -0.356. The number of carbonyl (C=O) groups is 1. The number of hydrogen-bond acceptors (Lipinski definition) is 5. The molecule has 1 amide bonds. The maximum absolute atomic E-state index is 12.8. The molecule has 3 rings (SSSR count). The minimum absolute atomic E-state index is 0.334. The van der Waals surface area contributed by atoms with E-state index in [4.69, 9.17) is 42.1 Å². The molecule has 0 unspecified atom stereocenters. The molecular weight excluding hydrogens is 441 g/mol. The summed E-state index contributed by atoms with van der Waals surface area (Å²) >= 11 is 12.0. The number of carbonyl (C=O) groups excluding carboxylic acids is 1. The van der Waals surface area contributed by atoms with Gasteiger partial charge in [0.2, 0.25) is 0 Å². The van der Waals surface area contributed by atoms with Gasteiger partial charge in [-0.3, -0.25) is 4.79 Å². The van der Waals surface area contributed by atoms with E-state index in [2.05, 4.69) is 5.32 Å². The summed E-state index contributed by atoms with van der Waals surface area (Å²) < 4.78 is 21.8. The molecule has 0 saturated heterocycles. The van der Waals surface area contributed by atoms with E-state index in [1.807, 2.05) is 12.1 Å². The summed E-state index contributed by atoms with van der Waals surface area (Å²) in [6.45, 7) is 0.334. The van der Waals surface area contributed by atoms with Crippen LogP contribution in [0.5, 0.6) is 23.0 Å². The van der Waals surface area contributed by atoms with Crippen LogP contribution < -0.4 is 24.3 Å². The number of ether oxygens (including phenoxy) is 4. The van der Waals surface area contributed by atoms with Gasteiger partial charge in [-0.25, -0.2) is 0 Å². The lowest BCUT2D eigenvalue weighted by Crippen LogP contribution is -2.13. The maximum atomic E-state index is 12.8. The van der Waals surface area contributed by atoms with Crippen molar-refractivity contribution in [3.05, 3.63) is 75.8 Å². The zero-order valence-corrected chi connectivity index (χ0v) is 18.7. The highest BCUT2D eigenvalue weighted by molar-refractivity contribution is 6.32. The van der Waals surface area contributed by atoms with Crippen LogP contribution in [0.25, 0.3) is 0 Å². The van der Waals surface area contributed by atoms with Crippen molar-refractivity contribution in [3.8, 4) is 23.0 Å². The molecule has 0 aliphatic heterocycles. The molecule has 0 heterocycles. The van der Waals surface area contributed by atoms with Gasteiger partial charge < -0.3 is 24.3 Å². The fraction of sp³-hybridized carbons (Fsp3) is 0.174. The SMILES string of the molecule is COc1cc(NC(=O)c2ccc(OCc3ccc(Cl)cc3)c(OC)c2)c(OC)cc1Cl. The van der Waals surface area contributed by atoms with Gasteiger partial charge in [0.15, 0.2) is 11.5 Å². The van der Waals surface area contributed by atoms with E-state index in [0.717, 1.165) is 5.56 Å². The lowest BCUT2D eigenvalue weighted by atomic mass is 10.1. The van der Waals surface area contributed by atoms with Crippen molar-refractivity contribution in [2.45, 2.75) is 6.61 Å². The summed E-state index contributed by atoms with van der Waals surface area (Å²) in [6.07, 6.45) is 0. The van der Waals surface area contributed by atoms with Gasteiger partial charge in [0.05, 0.1) is 32.0 Å². The first kappa shape index (κ1) is 22.6. The maximum Gasteiger partial charge on any atom is 0.255 e. The Bertz CT molecular complexity index is 1070. The number of methoxy groups -OCH3 is 3. The number of halogens is 2. The van der Waals surface area contributed by atoms with Crippen LogP contribution in [0.3, 0.4) is 0 Å². The molecule has 3 aromatic carbocycles. The molecule has 1 N–H and O–H groups in total. The molecule has 6 nitrogen and oxygen atoms in total. The third kappa shape index (κ3) is 5.54. The van der Waals surface area contributed by atoms with Gasteiger partial charge in [-0.2, -0.15) is 0 Å². The van der Waals surface area contributed by atoms with E-state index < -0.39 is 0 Å². The Hall–Kier alpha value is -3.09. The summed E-state index contributed by atoms with van der Waals surface area (Å²) in [4.78, 5) is 12.8. The van der Waals surface area contributed by atoms with Crippen molar-refractivity contribution in [3.63, 3.8) is 0 Å². The predicted molar refractivity (Wildman–Crippen MR) is 121 cm³/mol. The van der Waals surface area contributed by atoms with E-state index >= 15 is 0 Å². The van der Waals surface area contributed by atoms with Crippen LogP contribution in [-0.2, 0) is 6.61 Å². The molecular formula is C23H21Cl2NO5. The summed E-state index contributed by atoms with van der Waals surface area (Å²) in [6, 6.07) is 15.5. The molecule has 0 aliphatic carbocycles. The first-order chi connectivity index (χ1) is 14.9. The van der Waals surface area contributed by atoms with Gasteiger partial charge >= 0.3 is 0 Å².